The first-order valence-electron chi connectivity index (χ1n) is 6.34. The zero-order valence-electron chi connectivity index (χ0n) is 11.0. The number of benzene rings is 1. The third-order valence-electron chi connectivity index (χ3n) is 3.59. The van der Waals surface area contributed by atoms with E-state index in [0.717, 1.165) is 4.90 Å². The van der Waals surface area contributed by atoms with Gasteiger partial charge >= 0.3 is 0 Å². The largest absolute Gasteiger partial charge is 0.386 e. The zero-order chi connectivity index (χ0) is 14.5. The molecule has 3 amide bonds. The Morgan fingerprint density at radius 3 is 2.15 bits per heavy atom. The summed E-state index contributed by atoms with van der Waals surface area (Å²) < 4.78 is 0. The number of hydrogen-bond acceptors (Lipinski definition) is 4. The maximum Gasteiger partial charge on any atom is 0.262 e. The van der Waals surface area contributed by atoms with E-state index >= 15 is 0 Å². The molecule has 0 aromatic heterocycles. The highest BCUT2D eigenvalue weighted by molar-refractivity contribution is 6.22. The average Bonchev–Trinajstić information content (AvgIpc) is 2.62. The molecule has 0 aliphatic carbocycles. The summed E-state index contributed by atoms with van der Waals surface area (Å²) in [5.74, 6) is -1.21. The normalized spacial score (nSPS) is 19.9. The summed E-state index contributed by atoms with van der Waals surface area (Å²) in [4.78, 5) is 38.5. The highest BCUT2D eigenvalue weighted by atomic mass is 16.3. The second-order valence-electron chi connectivity index (χ2n) is 5.49. The van der Waals surface area contributed by atoms with Gasteiger partial charge in [0.1, 0.15) is 6.54 Å². The van der Waals surface area contributed by atoms with Gasteiger partial charge in [-0.3, -0.25) is 19.3 Å². The van der Waals surface area contributed by atoms with Crippen molar-refractivity contribution in [1.82, 2.24) is 9.80 Å². The first-order valence-corrected chi connectivity index (χ1v) is 6.34. The van der Waals surface area contributed by atoms with Crippen LogP contribution in [-0.2, 0) is 4.79 Å². The minimum absolute atomic E-state index is 0.231. The van der Waals surface area contributed by atoms with Crippen molar-refractivity contribution in [3.8, 4) is 0 Å². The van der Waals surface area contributed by atoms with Crippen LogP contribution in [-0.4, -0.2) is 57.9 Å². The number of rotatable bonds is 2. The van der Waals surface area contributed by atoms with E-state index in [1.54, 1.807) is 31.2 Å². The molecule has 0 unspecified atom stereocenters. The van der Waals surface area contributed by atoms with Gasteiger partial charge in [0, 0.05) is 0 Å². The van der Waals surface area contributed by atoms with Crippen molar-refractivity contribution in [3.63, 3.8) is 0 Å². The Morgan fingerprint density at radius 2 is 1.70 bits per heavy atom. The van der Waals surface area contributed by atoms with Gasteiger partial charge in [-0.2, -0.15) is 0 Å². The Balaban J connectivity index is 1.73. The van der Waals surface area contributed by atoms with Gasteiger partial charge in [-0.1, -0.05) is 12.1 Å². The maximum atomic E-state index is 12.1. The van der Waals surface area contributed by atoms with E-state index < -0.39 is 17.4 Å². The Hall–Kier alpha value is -2.21. The number of aliphatic hydroxyl groups is 1. The van der Waals surface area contributed by atoms with Crippen LogP contribution in [0.15, 0.2) is 24.3 Å². The van der Waals surface area contributed by atoms with Crippen LogP contribution in [0.5, 0.6) is 0 Å². The number of amides is 3. The molecule has 0 saturated carbocycles. The van der Waals surface area contributed by atoms with Crippen molar-refractivity contribution in [2.45, 2.75) is 12.5 Å². The standard InChI is InChI=1S/C14H14N2O4/c1-14(20)7-15(8-14)11(17)6-16-12(18)9-4-2-3-5-10(9)13(16)19/h2-5,20H,6-8H2,1H3. The van der Waals surface area contributed by atoms with Crippen LogP contribution in [0.3, 0.4) is 0 Å². The monoisotopic (exact) mass is 274 g/mol. The van der Waals surface area contributed by atoms with Crippen LogP contribution in [0.2, 0.25) is 0 Å². The molecule has 2 aliphatic rings. The number of likely N-dealkylation sites (tertiary alicyclic amines) is 1. The molecule has 104 valence electrons. The molecule has 2 aliphatic heterocycles. The van der Waals surface area contributed by atoms with Gasteiger partial charge < -0.3 is 10.0 Å². The fourth-order valence-electron chi connectivity index (χ4n) is 2.57. The van der Waals surface area contributed by atoms with Gasteiger partial charge in [-0.25, -0.2) is 0 Å². The summed E-state index contributed by atoms with van der Waals surface area (Å²) in [7, 11) is 0. The van der Waals surface area contributed by atoms with E-state index in [9.17, 15) is 19.5 Å². The van der Waals surface area contributed by atoms with Crippen LogP contribution >= 0.6 is 0 Å². The Labute approximate surface area is 115 Å². The van der Waals surface area contributed by atoms with E-state index in [2.05, 4.69) is 0 Å². The van der Waals surface area contributed by atoms with Gasteiger partial charge in [-0.05, 0) is 19.1 Å². The van der Waals surface area contributed by atoms with Crippen LogP contribution in [0, 0.1) is 0 Å². The Bertz CT molecular complexity index is 580. The van der Waals surface area contributed by atoms with Crippen LogP contribution in [0.4, 0.5) is 0 Å². The SMILES string of the molecule is CC1(O)CN(C(=O)CN2C(=O)c3ccccc3C2=O)C1. The van der Waals surface area contributed by atoms with Crippen molar-refractivity contribution in [3.05, 3.63) is 35.4 Å². The zero-order valence-corrected chi connectivity index (χ0v) is 11.0. The molecular weight excluding hydrogens is 260 g/mol. The molecule has 0 radical (unpaired) electrons. The average molecular weight is 274 g/mol. The summed E-state index contributed by atoms with van der Waals surface area (Å²) in [6, 6.07) is 6.52. The minimum atomic E-state index is -0.863. The van der Waals surface area contributed by atoms with Crippen LogP contribution in [0.1, 0.15) is 27.6 Å². The number of carbonyl (C=O) groups is 3. The van der Waals surface area contributed by atoms with Crippen LogP contribution in [0.25, 0.3) is 0 Å². The first-order chi connectivity index (χ1) is 9.39. The molecule has 0 spiro atoms. The van der Waals surface area contributed by atoms with Gasteiger partial charge in [0.2, 0.25) is 5.91 Å². The Morgan fingerprint density at radius 1 is 1.20 bits per heavy atom. The second-order valence-corrected chi connectivity index (χ2v) is 5.49. The molecule has 0 atom stereocenters. The van der Waals surface area contributed by atoms with Gasteiger partial charge in [-0.15, -0.1) is 0 Å². The summed E-state index contributed by atoms with van der Waals surface area (Å²) in [6.07, 6.45) is 0. The van der Waals surface area contributed by atoms with Gasteiger partial charge in [0.15, 0.2) is 0 Å². The van der Waals surface area contributed by atoms with Crippen LogP contribution < -0.4 is 0 Å². The quantitative estimate of drug-likeness (QED) is 0.762. The van der Waals surface area contributed by atoms with Crippen molar-refractivity contribution >= 4 is 17.7 Å². The molecule has 1 saturated heterocycles. The molecule has 1 aromatic carbocycles. The lowest BCUT2D eigenvalue weighted by Crippen LogP contribution is -2.63. The molecule has 1 N–H and O–H groups in total. The molecule has 0 bridgehead atoms. The van der Waals surface area contributed by atoms with Crippen molar-refractivity contribution in [2.24, 2.45) is 0 Å². The minimum Gasteiger partial charge on any atom is -0.386 e. The topological polar surface area (TPSA) is 77.9 Å². The number of carbonyl (C=O) groups excluding carboxylic acids is 3. The molecule has 1 fully saturated rings. The predicted octanol–water partition coefficient (Wildman–Crippen LogP) is -0.124. The van der Waals surface area contributed by atoms with E-state index in [0.29, 0.717) is 11.1 Å². The van der Waals surface area contributed by atoms with Gasteiger partial charge in [0.25, 0.3) is 11.8 Å². The fourth-order valence-corrected chi connectivity index (χ4v) is 2.57. The predicted molar refractivity (Wildman–Crippen MR) is 69.0 cm³/mol. The third kappa shape index (κ3) is 1.89. The molecule has 1 aromatic rings. The smallest absolute Gasteiger partial charge is 0.262 e. The summed E-state index contributed by atoms with van der Waals surface area (Å²) in [5.41, 5.74) is -0.195. The molecule has 6 nitrogen and oxygen atoms in total. The number of hydrogen-bond donors (Lipinski definition) is 1. The molecule has 2 heterocycles. The lowest BCUT2D eigenvalue weighted by molar-refractivity contribution is -0.152. The van der Waals surface area contributed by atoms with Crippen molar-refractivity contribution < 1.29 is 19.5 Å². The lowest BCUT2D eigenvalue weighted by Gasteiger charge is -2.44. The summed E-state index contributed by atoms with van der Waals surface area (Å²) in [6.45, 7) is 1.82. The third-order valence-corrected chi connectivity index (χ3v) is 3.59. The Kier molecular flexibility index (Phi) is 2.65. The van der Waals surface area contributed by atoms with E-state index in [1.165, 1.54) is 4.90 Å². The second kappa shape index (κ2) is 4.14. The fraction of sp³-hybridized carbons (Fsp3) is 0.357. The van der Waals surface area contributed by atoms with Crippen molar-refractivity contribution in [1.29, 1.82) is 0 Å². The highest BCUT2D eigenvalue weighted by Crippen LogP contribution is 2.24. The molecular formula is C14H14N2O4. The van der Waals surface area contributed by atoms with Crippen molar-refractivity contribution in [2.75, 3.05) is 19.6 Å². The summed E-state index contributed by atoms with van der Waals surface area (Å²) in [5, 5.41) is 9.60. The maximum absolute atomic E-state index is 12.1. The van der Waals surface area contributed by atoms with E-state index in [4.69, 9.17) is 0 Å². The first kappa shape index (κ1) is 12.8. The number of fused-ring (bicyclic) bond motifs is 1. The lowest BCUT2D eigenvalue weighted by atomic mass is 9.97. The number of imide groups is 1. The number of nitrogens with zero attached hydrogens (tertiary/aromatic N) is 2. The number of β-amino-alcohol motifs (C(OH)–C–C–N with tert-alkyl or cyclic N) is 1. The molecule has 6 heteroatoms. The van der Waals surface area contributed by atoms with Gasteiger partial charge in [0.05, 0.1) is 29.8 Å². The summed E-state index contributed by atoms with van der Waals surface area (Å²) >= 11 is 0. The molecule has 3 rings (SSSR count). The highest BCUT2D eigenvalue weighted by Gasteiger charge is 2.42. The van der Waals surface area contributed by atoms with E-state index in [-0.39, 0.29) is 25.5 Å². The van der Waals surface area contributed by atoms with E-state index in [1.807, 2.05) is 0 Å². The molecule has 20 heavy (non-hydrogen) atoms.